The van der Waals surface area contributed by atoms with E-state index in [1.807, 2.05) is 6.26 Å². The van der Waals surface area contributed by atoms with E-state index < -0.39 is 11.9 Å². The number of pyridine rings is 2. The lowest BCUT2D eigenvalue weighted by atomic mass is 9.79. The molecule has 4 fully saturated rings. The van der Waals surface area contributed by atoms with E-state index in [1.165, 1.54) is 29.8 Å². The van der Waals surface area contributed by atoms with Crippen LogP contribution in [-0.4, -0.2) is 74.3 Å². The molecule has 2 aromatic rings. The van der Waals surface area contributed by atoms with Crippen LogP contribution in [-0.2, 0) is 4.79 Å². The largest absolute Gasteiger partial charge is 0.465 e. The van der Waals surface area contributed by atoms with Crippen molar-refractivity contribution in [1.29, 1.82) is 0 Å². The molecule has 1 aliphatic carbocycles. The molecule has 2 N–H and O–H groups in total. The normalized spacial score (nSPS) is 25.2. The summed E-state index contributed by atoms with van der Waals surface area (Å²) in [6.07, 6.45) is 4.83. The zero-order valence-electron chi connectivity index (χ0n) is 18.6. The van der Waals surface area contributed by atoms with Gasteiger partial charge < -0.3 is 20.2 Å². The van der Waals surface area contributed by atoms with Gasteiger partial charge in [-0.3, -0.25) is 4.79 Å². The number of hydrogen-bond acceptors (Lipinski definition) is 6. The minimum absolute atomic E-state index is 0.0161. The second kappa shape index (κ2) is 8.78. The number of nitrogens with zero attached hydrogens (tertiary/aromatic N) is 4. The summed E-state index contributed by atoms with van der Waals surface area (Å²) >= 11 is 7.27. The van der Waals surface area contributed by atoms with Gasteiger partial charge in [0, 0.05) is 37.5 Å². The molecule has 2 aromatic heterocycles. The first-order chi connectivity index (χ1) is 16.3. The Kier molecular flexibility index (Phi) is 5.94. The number of anilines is 1. The molecule has 3 aliphatic heterocycles. The monoisotopic (exact) mass is 503 g/mol. The molecule has 2 bridgehead atoms. The molecule has 34 heavy (non-hydrogen) atoms. The van der Waals surface area contributed by atoms with Gasteiger partial charge in [0.05, 0.1) is 29.4 Å². The number of halogens is 2. The summed E-state index contributed by atoms with van der Waals surface area (Å²) in [6, 6.07) is -0.466. The molecule has 6 rings (SSSR count). The smallest absolute Gasteiger partial charge is 0.407 e. The van der Waals surface area contributed by atoms with E-state index >= 15 is 0 Å². The van der Waals surface area contributed by atoms with Crippen molar-refractivity contribution in [3.05, 3.63) is 22.7 Å². The molecular formula is C23H23ClFN5O3S. The fraction of sp³-hybridized carbons (Fsp3) is 0.478. The van der Waals surface area contributed by atoms with Crippen molar-refractivity contribution in [3.63, 3.8) is 0 Å². The summed E-state index contributed by atoms with van der Waals surface area (Å²) in [5.41, 5.74) is 1.25. The minimum Gasteiger partial charge on any atom is -0.465 e. The van der Waals surface area contributed by atoms with E-state index in [4.69, 9.17) is 11.6 Å². The molecule has 0 radical (unpaired) electrons. The lowest BCUT2D eigenvalue weighted by Crippen LogP contribution is -2.49. The van der Waals surface area contributed by atoms with E-state index in [0.29, 0.717) is 34.8 Å². The molecule has 11 heteroatoms. The van der Waals surface area contributed by atoms with Crippen molar-refractivity contribution in [2.24, 2.45) is 5.92 Å². The Morgan fingerprint density at radius 3 is 2.85 bits per heavy atom. The Labute approximate surface area is 205 Å². The number of thioether (sulfide) groups is 1. The van der Waals surface area contributed by atoms with Crippen LogP contribution in [0.5, 0.6) is 0 Å². The third kappa shape index (κ3) is 3.71. The Bertz CT molecular complexity index is 1260. The first-order valence-corrected chi connectivity index (χ1v) is 12.7. The molecule has 4 atom stereocenters. The molecule has 1 saturated carbocycles. The van der Waals surface area contributed by atoms with E-state index in [2.05, 4.69) is 27.1 Å². The minimum atomic E-state index is -0.939. The fourth-order valence-electron chi connectivity index (χ4n) is 5.23. The van der Waals surface area contributed by atoms with Crippen LogP contribution in [0.25, 0.3) is 10.9 Å². The molecule has 8 nitrogen and oxygen atoms in total. The van der Waals surface area contributed by atoms with Crippen LogP contribution >= 0.6 is 23.4 Å². The number of fused-ring (bicyclic) bond motifs is 2. The van der Waals surface area contributed by atoms with Crippen LogP contribution in [0.2, 0.25) is 5.15 Å². The van der Waals surface area contributed by atoms with Gasteiger partial charge in [0.2, 0.25) is 5.91 Å². The summed E-state index contributed by atoms with van der Waals surface area (Å²) < 4.78 is 14.9. The first kappa shape index (κ1) is 23.0. The molecule has 0 aromatic carbocycles. The number of hydrogen-bond donors (Lipinski definition) is 2. The maximum absolute atomic E-state index is 14.9. The summed E-state index contributed by atoms with van der Waals surface area (Å²) in [6.45, 7) is 2.68. The first-order valence-electron chi connectivity index (χ1n) is 11.1. The van der Waals surface area contributed by atoms with E-state index in [-0.39, 0.29) is 40.6 Å². The van der Waals surface area contributed by atoms with Gasteiger partial charge in [-0.25, -0.2) is 19.2 Å². The molecule has 178 valence electrons. The van der Waals surface area contributed by atoms with Crippen LogP contribution in [0.3, 0.4) is 0 Å². The third-order valence-corrected chi connectivity index (χ3v) is 7.91. The number of nitrogens with one attached hydrogen (secondary N) is 1. The Morgan fingerprint density at radius 1 is 1.38 bits per heavy atom. The number of aromatic nitrogens is 2. The highest BCUT2D eigenvalue weighted by Crippen LogP contribution is 2.45. The average molecular weight is 504 g/mol. The predicted octanol–water partition coefficient (Wildman–Crippen LogP) is 3.67. The number of likely N-dealkylation sites (tertiary alicyclic amines) is 1. The maximum atomic E-state index is 14.9. The van der Waals surface area contributed by atoms with E-state index in [0.717, 1.165) is 19.3 Å². The van der Waals surface area contributed by atoms with Gasteiger partial charge in [0.25, 0.3) is 0 Å². The van der Waals surface area contributed by atoms with Gasteiger partial charge in [0.1, 0.15) is 10.5 Å². The van der Waals surface area contributed by atoms with Gasteiger partial charge in [-0.15, -0.1) is 11.8 Å². The Morgan fingerprint density at radius 2 is 2.18 bits per heavy atom. The van der Waals surface area contributed by atoms with Crippen LogP contribution in [0.1, 0.15) is 31.7 Å². The third-order valence-electron chi connectivity index (χ3n) is 6.97. The van der Waals surface area contributed by atoms with Crippen LogP contribution in [0.4, 0.5) is 14.9 Å². The average Bonchev–Trinajstić information content (AvgIpc) is 3.53. The Hall–Kier alpha value is -2.77. The topological polar surface area (TPSA) is 98.7 Å². The number of carboxylic acid groups (broad SMARTS) is 1. The van der Waals surface area contributed by atoms with Gasteiger partial charge >= 0.3 is 6.09 Å². The Balaban J connectivity index is 1.61. The highest BCUT2D eigenvalue weighted by Gasteiger charge is 2.54. The highest BCUT2D eigenvalue weighted by molar-refractivity contribution is 7.98. The summed E-state index contributed by atoms with van der Waals surface area (Å²) in [7, 11) is 0. The molecular weight excluding hydrogens is 481 g/mol. The molecule has 5 heterocycles. The quantitative estimate of drug-likeness (QED) is 0.374. The predicted molar refractivity (Wildman–Crippen MR) is 128 cm³/mol. The molecule has 0 spiro atoms. The van der Waals surface area contributed by atoms with Crippen molar-refractivity contribution in [2.45, 2.75) is 49.3 Å². The lowest BCUT2D eigenvalue weighted by molar-refractivity contribution is -0.128. The van der Waals surface area contributed by atoms with Crippen LogP contribution < -0.4 is 5.32 Å². The lowest BCUT2D eigenvalue weighted by Gasteiger charge is -2.37. The van der Waals surface area contributed by atoms with Crippen LogP contribution in [0, 0.1) is 23.6 Å². The van der Waals surface area contributed by atoms with Crippen molar-refractivity contribution in [1.82, 2.24) is 19.8 Å². The standard InChI is InChI=1S/C23H23ClFN5O3S/c1-11(31)29-7-3-4-13(29)5-6-14-19(27-18-12-8-16(18)30(10-12)23(32)33)15-9-26-21(24)17(25)20(15)28-22(14)34-2/h9,12-13,16,18H,3-4,7-8,10H2,1-2H3,(H,27,28)(H,32,33)/t12-,13-,16-,18+/m1/s1. The molecule has 0 unspecified atom stereocenters. The number of rotatable bonds is 3. The van der Waals surface area contributed by atoms with E-state index in [9.17, 15) is 19.1 Å². The zero-order chi connectivity index (χ0) is 24.1. The van der Waals surface area contributed by atoms with Crippen LogP contribution in [0.15, 0.2) is 11.2 Å². The molecule has 2 amide bonds. The molecule has 3 saturated heterocycles. The summed E-state index contributed by atoms with van der Waals surface area (Å²) in [4.78, 5) is 35.2. The number of amides is 2. The van der Waals surface area contributed by atoms with Gasteiger partial charge in [-0.1, -0.05) is 23.4 Å². The second-order valence-corrected chi connectivity index (χ2v) is 9.96. The highest BCUT2D eigenvalue weighted by atomic mass is 35.5. The van der Waals surface area contributed by atoms with Gasteiger partial charge in [-0.2, -0.15) is 0 Å². The van der Waals surface area contributed by atoms with Crippen molar-refractivity contribution in [3.8, 4) is 11.8 Å². The van der Waals surface area contributed by atoms with Crippen molar-refractivity contribution >= 4 is 52.0 Å². The summed E-state index contributed by atoms with van der Waals surface area (Å²) in [5, 5.41) is 13.7. The molecule has 4 aliphatic rings. The maximum Gasteiger partial charge on any atom is 0.407 e. The zero-order valence-corrected chi connectivity index (χ0v) is 20.2. The van der Waals surface area contributed by atoms with Crippen molar-refractivity contribution in [2.75, 3.05) is 24.7 Å². The number of carbonyl (C=O) groups excluding carboxylic acids is 1. The number of carbonyl (C=O) groups is 2. The van der Waals surface area contributed by atoms with Gasteiger partial charge in [0.15, 0.2) is 11.0 Å². The van der Waals surface area contributed by atoms with Crippen molar-refractivity contribution < 1.29 is 19.1 Å². The SMILES string of the molecule is CSc1nc2c(F)c(Cl)ncc2c(N[C@H]2[C@@H]3C[C@H]2N(C(=O)O)C3)c1C#C[C@H]1CCCN1C(C)=O. The fourth-order valence-corrected chi connectivity index (χ4v) is 5.91. The summed E-state index contributed by atoms with van der Waals surface area (Å²) in [5.74, 6) is 5.88. The second-order valence-electron chi connectivity index (χ2n) is 8.80. The van der Waals surface area contributed by atoms with E-state index in [1.54, 1.807) is 4.90 Å². The van der Waals surface area contributed by atoms with Gasteiger partial charge in [-0.05, 0) is 25.5 Å².